The van der Waals surface area contributed by atoms with E-state index in [1.807, 2.05) is 0 Å². The molecule has 1 heterocycles. The van der Waals surface area contributed by atoms with Crippen molar-refractivity contribution in [3.05, 3.63) is 106 Å². The molecule has 3 aromatic carbocycles. The molecule has 0 amide bonds. The van der Waals surface area contributed by atoms with Gasteiger partial charge in [0.05, 0.1) is 23.2 Å². The lowest BCUT2D eigenvalue weighted by molar-refractivity contribution is 0.479. The van der Waals surface area contributed by atoms with Crippen molar-refractivity contribution in [2.75, 3.05) is 0 Å². The average Bonchev–Trinajstić information content (AvgIpc) is 2.81. The Morgan fingerprint density at radius 1 is 0.943 bits per heavy atom. The molecule has 0 aliphatic rings. The average molecular weight is 515 g/mol. The number of aryl methyl sites for hydroxylation is 1. The summed E-state index contributed by atoms with van der Waals surface area (Å²) >= 11 is 0. The minimum Gasteiger partial charge on any atom is -0.372 e. The Morgan fingerprint density at radius 2 is 1.57 bits per heavy atom. The summed E-state index contributed by atoms with van der Waals surface area (Å²) < 4.78 is 67.6. The van der Waals surface area contributed by atoms with Crippen LogP contribution in [0.1, 0.15) is 11.1 Å². The Balaban J connectivity index is 1.86. The van der Waals surface area contributed by atoms with Crippen molar-refractivity contribution < 1.29 is 25.4 Å². The second-order valence-electron chi connectivity index (χ2n) is 7.62. The van der Waals surface area contributed by atoms with Gasteiger partial charge in [-0.3, -0.25) is 4.79 Å². The fourth-order valence-electron chi connectivity index (χ4n) is 3.29. The number of hydrogen-bond donors (Lipinski definition) is 1. The molecule has 0 atom stereocenters. The fraction of sp³-hybridized carbons (Fsp3) is 0.0833. The van der Waals surface area contributed by atoms with E-state index in [-0.39, 0.29) is 21.9 Å². The van der Waals surface area contributed by atoms with Crippen molar-refractivity contribution in [2.24, 2.45) is 0 Å². The van der Waals surface area contributed by atoms with Crippen LogP contribution >= 0.6 is 0 Å². The molecule has 4 aromatic rings. The van der Waals surface area contributed by atoms with E-state index in [0.717, 1.165) is 22.4 Å². The summed E-state index contributed by atoms with van der Waals surface area (Å²) in [5, 5.41) is 4.11. The Hall–Kier alpha value is -3.83. The lowest BCUT2D eigenvalue weighted by Crippen LogP contribution is -2.25. The van der Waals surface area contributed by atoms with Gasteiger partial charge in [0.15, 0.2) is 0 Å². The monoisotopic (exact) mass is 514 g/mol. The van der Waals surface area contributed by atoms with E-state index in [2.05, 4.69) is 5.10 Å². The Bertz CT molecular complexity index is 1600. The number of halogens is 1. The standard InChI is InChI=1S/C24H19FN2O6S2/c1-16-2-12-21(13-3-16)35(31,32)33-23-22(18-6-4-17(5-7-18)15-34(29)30)14-26-27(24(23)28)20-10-8-19(25)9-11-20/h2-14,34H,15H2,1H3. The van der Waals surface area contributed by atoms with E-state index in [0.29, 0.717) is 11.1 Å². The molecule has 0 radical (unpaired) electrons. The number of thiol groups is 1. The molecule has 0 N–H and O–H groups in total. The van der Waals surface area contributed by atoms with E-state index in [1.165, 1.54) is 42.6 Å². The molecule has 0 unspecified atom stereocenters. The second kappa shape index (κ2) is 9.80. The molecule has 4 rings (SSSR count). The maximum absolute atomic E-state index is 13.4. The second-order valence-corrected chi connectivity index (χ2v) is 10.1. The van der Waals surface area contributed by atoms with Gasteiger partial charge in [-0.25, -0.2) is 12.8 Å². The van der Waals surface area contributed by atoms with E-state index in [1.54, 1.807) is 31.2 Å². The Kier molecular flexibility index (Phi) is 6.81. The number of aromatic nitrogens is 2. The number of nitrogens with zero attached hydrogens (tertiary/aromatic N) is 2. The van der Waals surface area contributed by atoms with Gasteiger partial charge in [0.2, 0.25) is 5.75 Å². The molecular formula is C24H19FN2O6S2. The predicted octanol–water partition coefficient (Wildman–Crippen LogP) is 3.23. The molecule has 180 valence electrons. The van der Waals surface area contributed by atoms with Crippen LogP contribution in [0.3, 0.4) is 0 Å². The number of benzene rings is 3. The molecule has 1 aromatic heterocycles. The van der Waals surface area contributed by atoms with Crippen LogP contribution in [-0.2, 0) is 26.6 Å². The first kappa shape index (κ1) is 24.3. The van der Waals surface area contributed by atoms with E-state index in [4.69, 9.17) is 4.18 Å². The molecule has 0 saturated heterocycles. The van der Waals surface area contributed by atoms with Crippen LogP contribution in [0.4, 0.5) is 4.39 Å². The fourth-order valence-corrected chi connectivity index (χ4v) is 4.75. The zero-order valence-corrected chi connectivity index (χ0v) is 20.0. The molecule has 8 nitrogen and oxygen atoms in total. The topological polar surface area (TPSA) is 112 Å². The van der Waals surface area contributed by atoms with Crippen molar-refractivity contribution in [3.63, 3.8) is 0 Å². The summed E-state index contributed by atoms with van der Waals surface area (Å²) in [4.78, 5) is 13.2. The highest BCUT2D eigenvalue weighted by Crippen LogP contribution is 2.29. The van der Waals surface area contributed by atoms with Gasteiger partial charge in [0, 0.05) is 0 Å². The zero-order chi connectivity index (χ0) is 25.2. The van der Waals surface area contributed by atoms with Crippen molar-refractivity contribution in [1.82, 2.24) is 9.78 Å². The van der Waals surface area contributed by atoms with E-state index < -0.39 is 37.9 Å². The predicted molar refractivity (Wildman–Crippen MR) is 128 cm³/mol. The van der Waals surface area contributed by atoms with Gasteiger partial charge in [-0.05, 0) is 54.4 Å². The number of hydrogen-bond acceptors (Lipinski definition) is 7. The van der Waals surface area contributed by atoms with Crippen molar-refractivity contribution in [1.29, 1.82) is 0 Å². The normalized spacial score (nSPS) is 11.5. The smallest absolute Gasteiger partial charge is 0.339 e. The van der Waals surface area contributed by atoms with Crippen LogP contribution in [-0.4, -0.2) is 26.6 Å². The van der Waals surface area contributed by atoms with E-state index >= 15 is 0 Å². The van der Waals surface area contributed by atoms with Crippen molar-refractivity contribution in [2.45, 2.75) is 17.6 Å². The summed E-state index contributed by atoms with van der Waals surface area (Å²) in [5.41, 5.74) is 1.16. The summed E-state index contributed by atoms with van der Waals surface area (Å²) in [6.07, 6.45) is 1.26. The van der Waals surface area contributed by atoms with Crippen LogP contribution < -0.4 is 9.74 Å². The van der Waals surface area contributed by atoms with Gasteiger partial charge in [0.1, 0.15) is 21.4 Å². The minimum atomic E-state index is -4.39. The highest BCUT2D eigenvalue weighted by atomic mass is 32.2. The van der Waals surface area contributed by atoms with Gasteiger partial charge in [-0.2, -0.15) is 18.2 Å². The SMILES string of the molecule is Cc1ccc(S(=O)(=O)Oc2c(-c3ccc(C[SH](=O)=O)cc3)cnn(-c3ccc(F)cc3)c2=O)cc1. The molecule has 35 heavy (non-hydrogen) atoms. The zero-order valence-electron chi connectivity index (χ0n) is 18.3. The van der Waals surface area contributed by atoms with Gasteiger partial charge in [0.25, 0.3) is 0 Å². The van der Waals surface area contributed by atoms with Crippen molar-refractivity contribution >= 4 is 20.8 Å². The molecule has 0 aliphatic heterocycles. The first-order chi connectivity index (χ1) is 16.6. The van der Waals surface area contributed by atoms with Crippen LogP contribution in [0.2, 0.25) is 0 Å². The molecular weight excluding hydrogens is 495 g/mol. The van der Waals surface area contributed by atoms with E-state index in [9.17, 15) is 26.0 Å². The van der Waals surface area contributed by atoms with Gasteiger partial charge < -0.3 is 4.18 Å². The molecule has 0 spiro atoms. The summed E-state index contributed by atoms with van der Waals surface area (Å²) in [6.45, 7) is 1.80. The minimum absolute atomic E-state index is 0.0853. The highest BCUT2D eigenvalue weighted by molar-refractivity contribution is 7.87. The third-order valence-electron chi connectivity index (χ3n) is 5.08. The largest absolute Gasteiger partial charge is 0.372 e. The third kappa shape index (κ3) is 5.47. The first-order valence-corrected chi connectivity index (χ1v) is 13.0. The highest BCUT2D eigenvalue weighted by Gasteiger charge is 2.24. The number of rotatable bonds is 7. The molecule has 0 saturated carbocycles. The van der Waals surface area contributed by atoms with Crippen LogP contribution in [0.25, 0.3) is 16.8 Å². The Labute approximate surface area is 202 Å². The Morgan fingerprint density at radius 3 is 2.17 bits per heavy atom. The first-order valence-electron chi connectivity index (χ1n) is 10.2. The van der Waals surface area contributed by atoms with Gasteiger partial charge in [-0.15, -0.1) is 0 Å². The maximum Gasteiger partial charge on any atom is 0.339 e. The van der Waals surface area contributed by atoms with Gasteiger partial charge in [-0.1, -0.05) is 42.0 Å². The summed E-state index contributed by atoms with van der Waals surface area (Å²) in [6, 6.07) is 17.0. The lowest BCUT2D eigenvalue weighted by Gasteiger charge is -2.14. The molecule has 0 bridgehead atoms. The quantitative estimate of drug-likeness (QED) is 0.298. The van der Waals surface area contributed by atoms with Crippen molar-refractivity contribution in [3.8, 4) is 22.6 Å². The van der Waals surface area contributed by atoms with Gasteiger partial charge >= 0.3 is 15.7 Å². The third-order valence-corrected chi connectivity index (χ3v) is 6.94. The van der Waals surface area contributed by atoms with Crippen LogP contribution in [0.5, 0.6) is 5.75 Å². The summed E-state index contributed by atoms with van der Waals surface area (Å²) in [5.74, 6) is -1.19. The summed E-state index contributed by atoms with van der Waals surface area (Å²) in [7, 11) is -7.02. The lowest BCUT2D eigenvalue weighted by atomic mass is 10.1. The van der Waals surface area contributed by atoms with Crippen LogP contribution in [0.15, 0.2) is 88.7 Å². The molecule has 11 heteroatoms. The molecule has 0 fully saturated rings. The van der Waals surface area contributed by atoms with Crippen LogP contribution in [0, 0.1) is 12.7 Å². The molecule has 0 aliphatic carbocycles. The maximum atomic E-state index is 13.4.